The van der Waals surface area contributed by atoms with Crippen LogP contribution in [0.15, 0.2) is 18.5 Å². The van der Waals surface area contributed by atoms with E-state index < -0.39 is 11.4 Å². The lowest BCUT2D eigenvalue weighted by atomic mass is 9.94. The second-order valence-corrected chi connectivity index (χ2v) is 3.75. The number of carbonyl (C=O) groups excluding carboxylic acids is 1. The fourth-order valence-electron chi connectivity index (χ4n) is 1.48. The average Bonchev–Trinajstić information content (AvgIpc) is 2.36. The van der Waals surface area contributed by atoms with Crippen LogP contribution < -0.4 is 5.32 Å². The molecule has 0 radical (unpaired) electrons. The number of aromatic hydroxyl groups is 1. The highest BCUT2D eigenvalue weighted by Crippen LogP contribution is 2.18. The summed E-state index contributed by atoms with van der Waals surface area (Å²) >= 11 is 0. The predicted octanol–water partition coefficient (Wildman–Crippen LogP) is 1.60. The van der Waals surface area contributed by atoms with Crippen LogP contribution >= 0.6 is 0 Å². The van der Waals surface area contributed by atoms with Gasteiger partial charge in [-0.2, -0.15) is 5.26 Å². The molecule has 90 valence electrons. The Bertz CT molecular complexity index is 447. The lowest BCUT2D eigenvalue weighted by Crippen LogP contribution is -2.46. The molecule has 0 atom stereocenters. The Morgan fingerprint density at radius 3 is 2.71 bits per heavy atom. The number of nitrogens with zero attached hydrogens (tertiary/aromatic N) is 2. The molecule has 0 fully saturated rings. The molecule has 0 saturated carbocycles. The molecule has 0 unspecified atom stereocenters. The minimum absolute atomic E-state index is 0.126. The van der Waals surface area contributed by atoms with Crippen molar-refractivity contribution in [1.29, 1.82) is 5.26 Å². The lowest BCUT2D eigenvalue weighted by molar-refractivity contribution is 0.0912. The standard InChI is InChI=1S/C12H15N3O2/c1-3-12(4-2,8-13)15-11(17)9-5-6-14-7-10(9)16/h5-7,16H,3-4H2,1-2H3,(H,15,17). The van der Waals surface area contributed by atoms with Crippen LogP contribution in [-0.2, 0) is 0 Å². The minimum Gasteiger partial charge on any atom is -0.505 e. The van der Waals surface area contributed by atoms with Gasteiger partial charge in [-0.25, -0.2) is 0 Å². The van der Waals surface area contributed by atoms with Gasteiger partial charge in [0.15, 0.2) is 0 Å². The van der Waals surface area contributed by atoms with Crippen LogP contribution in [0.1, 0.15) is 37.0 Å². The SMILES string of the molecule is CCC(C#N)(CC)NC(=O)c1ccncc1O. The molecule has 1 aromatic heterocycles. The van der Waals surface area contributed by atoms with Crippen molar-refractivity contribution in [3.8, 4) is 11.8 Å². The van der Waals surface area contributed by atoms with Gasteiger partial charge in [-0.05, 0) is 18.9 Å². The summed E-state index contributed by atoms with van der Waals surface area (Å²) in [4.78, 5) is 15.6. The van der Waals surface area contributed by atoms with Crippen LogP contribution in [-0.4, -0.2) is 21.5 Å². The number of hydrogen-bond acceptors (Lipinski definition) is 4. The molecule has 5 heteroatoms. The van der Waals surface area contributed by atoms with E-state index in [4.69, 9.17) is 5.26 Å². The molecule has 0 bridgehead atoms. The topological polar surface area (TPSA) is 86.0 Å². The van der Waals surface area contributed by atoms with E-state index in [2.05, 4.69) is 16.4 Å². The van der Waals surface area contributed by atoms with E-state index >= 15 is 0 Å². The number of carbonyl (C=O) groups is 1. The normalized spacial score (nSPS) is 10.6. The van der Waals surface area contributed by atoms with Crippen LogP contribution in [0.2, 0.25) is 0 Å². The van der Waals surface area contributed by atoms with Crippen LogP contribution in [0, 0.1) is 11.3 Å². The van der Waals surface area contributed by atoms with Gasteiger partial charge in [0, 0.05) is 6.20 Å². The molecular formula is C12H15N3O2. The van der Waals surface area contributed by atoms with Crippen LogP contribution in [0.5, 0.6) is 5.75 Å². The van der Waals surface area contributed by atoms with Crippen molar-refractivity contribution in [3.63, 3.8) is 0 Å². The first-order valence-corrected chi connectivity index (χ1v) is 5.45. The maximum absolute atomic E-state index is 11.9. The van der Waals surface area contributed by atoms with Crippen molar-refractivity contribution < 1.29 is 9.90 Å². The van der Waals surface area contributed by atoms with Gasteiger partial charge in [-0.1, -0.05) is 13.8 Å². The molecule has 0 aliphatic rings. The highest BCUT2D eigenvalue weighted by molar-refractivity contribution is 5.97. The van der Waals surface area contributed by atoms with Gasteiger partial charge in [0.2, 0.25) is 0 Å². The molecule has 5 nitrogen and oxygen atoms in total. The first kappa shape index (κ1) is 13.0. The molecule has 0 spiro atoms. The molecule has 0 saturated heterocycles. The molecule has 1 aromatic rings. The molecule has 1 rings (SSSR count). The summed E-state index contributed by atoms with van der Waals surface area (Å²) < 4.78 is 0. The van der Waals surface area contributed by atoms with Crippen molar-refractivity contribution in [2.45, 2.75) is 32.2 Å². The Balaban J connectivity index is 2.94. The summed E-state index contributed by atoms with van der Waals surface area (Å²) in [5.74, 6) is -0.654. The van der Waals surface area contributed by atoms with E-state index in [-0.39, 0.29) is 11.3 Å². The summed E-state index contributed by atoms with van der Waals surface area (Å²) in [7, 11) is 0. The maximum Gasteiger partial charge on any atom is 0.256 e. The van der Waals surface area contributed by atoms with Crippen molar-refractivity contribution in [1.82, 2.24) is 10.3 Å². The number of hydrogen-bond donors (Lipinski definition) is 2. The number of nitrogens with one attached hydrogen (secondary N) is 1. The molecule has 0 aromatic carbocycles. The summed E-state index contributed by atoms with van der Waals surface area (Å²) in [6.45, 7) is 3.67. The van der Waals surface area contributed by atoms with E-state index in [0.717, 1.165) is 0 Å². The third-order valence-electron chi connectivity index (χ3n) is 2.82. The van der Waals surface area contributed by atoms with Gasteiger partial charge < -0.3 is 10.4 Å². The van der Waals surface area contributed by atoms with Crippen LogP contribution in [0.3, 0.4) is 0 Å². The van der Waals surface area contributed by atoms with Crippen molar-refractivity contribution in [2.24, 2.45) is 0 Å². The van der Waals surface area contributed by atoms with Gasteiger partial charge in [-0.3, -0.25) is 9.78 Å². The van der Waals surface area contributed by atoms with Crippen molar-refractivity contribution in [3.05, 3.63) is 24.0 Å². The quantitative estimate of drug-likeness (QED) is 0.827. The zero-order valence-corrected chi connectivity index (χ0v) is 9.90. The fourth-order valence-corrected chi connectivity index (χ4v) is 1.48. The summed E-state index contributed by atoms with van der Waals surface area (Å²) in [6, 6.07) is 3.52. The van der Waals surface area contributed by atoms with E-state index in [9.17, 15) is 9.90 Å². The number of nitriles is 1. The van der Waals surface area contributed by atoms with E-state index in [1.54, 1.807) is 0 Å². The van der Waals surface area contributed by atoms with E-state index in [1.807, 2.05) is 13.8 Å². The van der Waals surface area contributed by atoms with Crippen molar-refractivity contribution >= 4 is 5.91 Å². The number of pyridine rings is 1. The largest absolute Gasteiger partial charge is 0.505 e. The van der Waals surface area contributed by atoms with Gasteiger partial charge >= 0.3 is 0 Å². The third kappa shape index (κ3) is 2.72. The monoisotopic (exact) mass is 233 g/mol. The second-order valence-electron chi connectivity index (χ2n) is 3.75. The smallest absolute Gasteiger partial charge is 0.256 e. The average molecular weight is 233 g/mol. The van der Waals surface area contributed by atoms with Crippen LogP contribution in [0.4, 0.5) is 0 Å². The first-order valence-electron chi connectivity index (χ1n) is 5.45. The van der Waals surface area contributed by atoms with Gasteiger partial charge in [0.1, 0.15) is 11.3 Å². The molecule has 17 heavy (non-hydrogen) atoms. The van der Waals surface area contributed by atoms with E-state index in [1.165, 1.54) is 18.5 Å². The Morgan fingerprint density at radius 2 is 2.24 bits per heavy atom. The predicted molar refractivity (Wildman–Crippen MR) is 62.3 cm³/mol. The summed E-state index contributed by atoms with van der Waals surface area (Å²) in [5, 5.41) is 21.2. The Labute approximate surface area is 100 Å². The van der Waals surface area contributed by atoms with Gasteiger partial charge in [0.05, 0.1) is 17.8 Å². The molecule has 2 N–H and O–H groups in total. The molecule has 1 amide bonds. The molecular weight excluding hydrogens is 218 g/mol. The zero-order valence-electron chi connectivity index (χ0n) is 9.90. The first-order chi connectivity index (χ1) is 8.08. The number of rotatable bonds is 4. The van der Waals surface area contributed by atoms with Gasteiger partial charge in [-0.15, -0.1) is 0 Å². The lowest BCUT2D eigenvalue weighted by Gasteiger charge is -2.24. The highest BCUT2D eigenvalue weighted by atomic mass is 16.3. The molecule has 0 aliphatic carbocycles. The molecule has 0 aliphatic heterocycles. The molecule has 1 heterocycles. The summed E-state index contributed by atoms with van der Waals surface area (Å²) in [6.07, 6.45) is 3.64. The Morgan fingerprint density at radius 1 is 1.59 bits per heavy atom. The van der Waals surface area contributed by atoms with Crippen molar-refractivity contribution in [2.75, 3.05) is 0 Å². The van der Waals surface area contributed by atoms with Crippen LogP contribution in [0.25, 0.3) is 0 Å². The fraction of sp³-hybridized carbons (Fsp3) is 0.417. The second kappa shape index (κ2) is 5.30. The van der Waals surface area contributed by atoms with E-state index in [0.29, 0.717) is 12.8 Å². The Kier molecular flexibility index (Phi) is 4.05. The highest BCUT2D eigenvalue weighted by Gasteiger charge is 2.28. The Hall–Kier alpha value is -2.09. The minimum atomic E-state index is -0.882. The third-order valence-corrected chi connectivity index (χ3v) is 2.82. The summed E-state index contributed by atoms with van der Waals surface area (Å²) in [5.41, 5.74) is -0.756. The van der Waals surface area contributed by atoms with Gasteiger partial charge in [0.25, 0.3) is 5.91 Å². The number of amides is 1. The number of aromatic nitrogens is 1. The maximum atomic E-state index is 11.9. The zero-order chi connectivity index (χ0) is 12.9.